The lowest BCUT2D eigenvalue weighted by Crippen LogP contribution is -2.48. The maximum Gasteiger partial charge on any atom is 0.246 e. The highest BCUT2D eigenvalue weighted by Crippen LogP contribution is 2.32. The van der Waals surface area contributed by atoms with Gasteiger partial charge >= 0.3 is 0 Å². The predicted molar refractivity (Wildman–Crippen MR) is 100 cm³/mol. The largest absolute Gasteiger partial charge is 0.367 e. The van der Waals surface area contributed by atoms with Crippen LogP contribution in [0.1, 0.15) is 38.1 Å². The minimum Gasteiger partial charge on any atom is -0.367 e. The monoisotopic (exact) mass is 377 g/mol. The van der Waals surface area contributed by atoms with Crippen molar-refractivity contribution in [3.63, 3.8) is 0 Å². The molecule has 7 heteroatoms. The molecule has 3 rings (SSSR count). The third-order valence-electron chi connectivity index (χ3n) is 4.85. The van der Waals surface area contributed by atoms with E-state index >= 15 is 0 Å². The zero-order chi connectivity index (χ0) is 18.9. The molecule has 0 unspecified atom stereocenters. The SMILES string of the molecule is CCn1cc(S(=O)(=O)N2C[C@@H](c3ccccc3)O[C@@H](C(C)C)C2)c(C)n1. The third kappa shape index (κ3) is 3.70. The van der Waals surface area contributed by atoms with Crippen LogP contribution in [-0.4, -0.2) is 41.7 Å². The van der Waals surface area contributed by atoms with Gasteiger partial charge in [-0.25, -0.2) is 8.42 Å². The van der Waals surface area contributed by atoms with E-state index in [9.17, 15) is 8.42 Å². The number of nitrogens with zero attached hydrogens (tertiary/aromatic N) is 3. The summed E-state index contributed by atoms with van der Waals surface area (Å²) in [7, 11) is -3.62. The number of aromatic nitrogens is 2. The van der Waals surface area contributed by atoms with Crippen molar-refractivity contribution < 1.29 is 13.2 Å². The van der Waals surface area contributed by atoms with Crippen molar-refractivity contribution in [3.8, 4) is 0 Å². The normalized spacial score (nSPS) is 22.0. The van der Waals surface area contributed by atoms with Gasteiger partial charge in [0.1, 0.15) is 4.90 Å². The molecule has 2 heterocycles. The number of rotatable bonds is 5. The van der Waals surface area contributed by atoms with E-state index < -0.39 is 10.0 Å². The first-order chi connectivity index (χ1) is 12.3. The standard InChI is InChI=1S/C19H27N3O3S/c1-5-21-13-19(15(4)20-21)26(23,24)22-11-17(14(2)3)25-18(12-22)16-9-7-6-8-10-16/h6-10,13-14,17-18H,5,11-12H2,1-4H3/t17-,18+/m1/s1. The number of sulfonamides is 1. The van der Waals surface area contributed by atoms with Crippen molar-refractivity contribution in [3.05, 3.63) is 47.8 Å². The molecule has 1 aliphatic rings. The van der Waals surface area contributed by atoms with Crippen LogP contribution in [0, 0.1) is 12.8 Å². The smallest absolute Gasteiger partial charge is 0.246 e. The molecule has 0 N–H and O–H groups in total. The van der Waals surface area contributed by atoms with Crippen LogP contribution in [0.3, 0.4) is 0 Å². The van der Waals surface area contributed by atoms with Gasteiger partial charge < -0.3 is 4.74 Å². The molecule has 1 saturated heterocycles. The zero-order valence-electron chi connectivity index (χ0n) is 15.8. The Balaban J connectivity index is 1.95. The van der Waals surface area contributed by atoms with Crippen LogP contribution in [0.2, 0.25) is 0 Å². The van der Waals surface area contributed by atoms with Crippen LogP contribution >= 0.6 is 0 Å². The average Bonchev–Trinajstić information content (AvgIpc) is 3.03. The number of morpholine rings is 1. The Labute approximate surface area is 155 Å². The highest BCUT2D eigenvalue weighted by Gasteiger charge is 2.38. The average molecular weight is 378 g/mol. The molecule has 0 amide bonds. The number of aryl methyl sites for hydroxylation is 2. The predicted octanol–water partition coefficient (Wildman–Crippen LogP) is 3.00. The second-order valence-electron chi connectivity index (χ2n) is 7.07. The molecular formula is C19H27N3O3S. The van der Waals surface area contributed by atoms with Crippen molar-refractivity contribution in [2.24, 2.45) is 5.92 Å². The van der Waals surface area contributed by atoms with Gasteiger partial charge in [0.2, 0.25) is 10.0 Å². The zero-order valence-corrected chi connectivity index (χ0v) is 16.6. The minimum absolute atomic E-state index is 0.148. The third-order valence-corrected chi connectivity index (χ3v) is 6.78. The fourth-order valence-electron chi connectivity index (χ4n) is 3.23. The van der Waals surface area contributed by atoms with E-state index in [2.05, 4.69) is 18.9 Å². The molecule has 0 aliphatic carbocycles. The summed E-state index contributed by atoms with van der Waals surface area (Å²) in [5.74, 6) is 0.221. The second kappa shape index (κ2) is 7.50. The van der Waals surface area contributed by atoms with Crippen LogP contribution < -0.4 is 0 Å². The lowest BCUT2D eigenvalue weighted by molar-refractivity contribution is -0.0847. The minimum atomic E-state index is -3.62. The van der Waals surface area contributed by atoms with E-state index in [1.54, 1.807) is 22.1 Å². The molecule has 142 valence electrons. The van der Waals surface area contributed by atoms with Crippen molar-refractivity contribution >= 4 is 10.0 Å². The number of hydrogen-bond acceptors (Lipinski definition) is 4. The molecule has 0 bridgehead atoms. The Hall–Kier alpha value is -1.70. The highest BCUT2D eigenvalue weighted by molar-refractivity contribution is 7.89. The summed E-state index contributed by atoms with van der Waals surface area (Å²) in [6.07, 6.45) is 1.21. The first-order valence-corrected chi connectivity index (χ1v) is 10.5. The summed E-state index contributed by atoms with van der Waals surface area (Å²) in [6.45, 7) is 9.12. The maximum absolute atomic E-state index is 13.3. The molecule has 26 heavy (non-hydrogen) atoms. The first kappa shape index (κ1) is 19.1. The van der Waals surface area contributed by atoms with E-state index in [4.69, 9.17) is 4.74 Å². The summed E-state index contributed by atoms with van der Waals surface area (Å²) in [5, 5.41) is 4.30. The van der Waals surface area contributed by atoms with Crippen molar-refractivity contribution in [2.75, 3.05) is 13.1 Å². The Morgan fingerprint density at radius 1 is 1.23 bits per heavy atom. The lowest BCUT2D eigenvalue weighted by Gasteiger charge is -2.39. The Morgan fingerprint density at radius 2 is 1.92 bits per heavy atom. The second-order valence-corrected chi connectivity index (χ2v) is 8.98. The first-order valence-electron chi connectivity index (χ1n) is 9.07. The van der Waals surface area contributed by atoms with Gasteiger partial charge in [-0.15, -0.1) is 0 Å². The summed E-state index contributed by atoms with van der Waals surface area (Å²) in [4.78, 5) is 0.288. The molecule has 0 spiro atoms. The van der Waals surface area contributed by atoms with Gasteiger partial charge in [-0.2, -0.15) is 9.40 Å². The van der Waals surface area contributed by atoms with E-state index in [0.29, 0.717) is 25.3 Å². The van der Waals surface area contributed by atoms with Crippen molar-refractivity contribution in [1.29, 1.82) is 0 Å². The summed E-state index contributed by atoms with van der Waals surface area (Å²) in [5.41, 5.74) is 1.54. The number of ether oxygens (including phenoxy) is 1. The van der Waals surface area contributed by atoms with Gasteiger partial charge in [0, 0.05) is 25.8 Å². The van der Waals surface area contributed by atoms with Gasteiger partial charge in [-0.3, -0.25) is 4.68 Å². The Kier molecular flexibility index (Phi) is 5.50. The van der Waals surface area contributed by atoms with E-state index in [1.807, 2.05) is 37.3 Å². The molecule has 6 nitrogen and oxygen atoms in total. The quantitative estimate of drug-likeness (QED) is 0.803. The molecule has 0 radical (unpaired) electrons. The molecule has 2 aromatic rings. The van der Waals surface area contributed by atoms with E-state index in [1.165, 1.54) is 0 Å². The number of hydrogen-bond donors (Lipinski definition) is 0. The molecule has 1 aromatic carbocycles. The topological polar surface area (TPSA) is 64.4 Å². The highest BCUT2D eigenvalue weighted by atomic mass is 32.2. The molecule has 2 atom stereocenters. The molecule has 0 saturated carbocycles. The molecular weight excluding hydrogens is 350 g/mol. The van der Waals surface area contributed by atoms with Crippen LogP contribution in [-0.2, 0) is 21.3 Å². The van der Waals surface area contributed by atoms with Gasteiger partial charge in [0.15, 0.2) is 0 Å². The van der Waals surface area contributed by atoms with Gasteiger partial charge in [-0.1, -0.05) is 44.2 Å². The van der Waals surface area contributed by atoms with Gasteiger partial charge in [0.05, 0.1) is 17.9 Å². The Morgan fingerprint density at radius 3 is 2.50 bits per heavy atom. The van der Waals surface area contributed by atoms with Crippen molar-refractivity contribution in [1.82, 2.24) is 14.1 Å². The molecule has 1 aliphatic heterocycles. The fourth-order valence-corrected chi connectivity index (χ4v) is 4.85. The summed E-state index contributed by atoms with van der Waals surface area (Å²) >= 11 is 0. The van der Waals surface area contributed by atoms with Crippen LogP contribution in [0.5, 0.6) is 0 Å². The van der Waals surface area contributed by atoms with Gasteiger partial charge in [0.25, 0.3) is 0 Å². The summed E-state index contributed by atoms with van der Waals surface area (Å²) in [6, 6.07) is 9.82. The van der Waals surface area contributed by atoms with Gasteiger partial charge in [-0.05, 0) is 25.3 Å². The maximum atomic E-state index is 13.3. The number of benzene rings is 1. The van der Waals surface area contributed by atoms with Crippen molar-refractivity contribution in [2.45, 2.75) is 51.3 Å². The Bertz CT molecular complexity index is 846. The fraction of sp³-hybridized carbons (Fsp3) is 0.526. The van der Waals surface area contributed by atoms with E-state index in [0.717, 1.165) is 5.56 Å². The van der Waals surface area contributed by atoms with Crippen LogP contribution in [0.25, 0.3) is 0 Å². The lowest BCUT2D eigenvalue weighted by atomic mass is 10.0. The summed E-state index contributed by atoms with van der Waals surface area (Å²) < 4.78 is 36.0. The van der Waals surface area contributed by atoms with Crippen LogP contribution in [0.15, 0.2) is 41.4 Å². The molecule has 1 aromatic heterocycles. The van der Waals surface area contributed by atoms with Crippen LogP contribution in [0.4, 0.5) is 0 Å². The van der Waals surface area contributed by atoms with E-state index in [-0.39, 0.29) is 23.0 Å². The molecule has 1 fully saturated rings.